The van der Waals surface area contributed by atoms with E-state index in [-0.39, 0.29) is 30.4 Å². The molecule has 6 heteroatoms. The number of aliphatic hydroxyl groups excluding tert-OH is 1. The minimum atomic E-state index is -1.11. The first-order valence-electron chi connectivity index (χ1n) is 11.1. The number of halogens is 1. The molecule has 0 saturated heterocycles. The number of benzene rings is 3. The predicted molar refractivity (Wildman–Crippen MR) is 129 cm³/mol. The highest BCUT2D eigenvalue weighted by molar-refractivity contribution is 5.69. The number of hydrogen-bond acceptors (Lipinski definition) is 4. The van der Waals surface area contributed by atoms with Crippen LogP contribution in [0.4, 0.5) is 4.39 Å². The van der Waals surface area contributed by atoms with E-state index in [0.29, 0.717) is 16.9 Å². The molecule has 0 saturated carbocycles. The highest BCUT2D eigenvalue weighted by Gasteiger charge is 2.29. The molecule has 0 heterocycles. The predicted octanol–water partition coefficient (Wildman–Crippen LogP) is 6.31. The lowest BCUT2D eigenvalue weighted by molar-refractivity contribution is -0.139. The van der Waals surface area contributed by atoms with Crippen LogP contribution in [-0.2, 0) is 16.1 Å². The first-order valence-corrected chi connectivity index (χ1v) is 11.1. The summed E-state index contributed by atoms with van der Waals surface area (Å²) in [5.74, 6) is -0.859. The number of ether oxygens (including phenoxy) is 2. The summed E-state index contributed by atoms with van der Waals surface area (Å²) < 4.78 is 26.4. The number of carbonyl (C=O) groups is 1. The third-order valence-electron chi connectivity index (χ3n) is 5.60. The van der Waals surface area contributed by atoms with Crippen LogP contribution >= 0.6 is 0 Å². The zero-order valence-electron chi connectivity index (χ0n) is 19.9. The van der Waals surface area contributed by atoms with E-state index in [4.69, 9.17) is 14.6 Å². The van der Waals surface area contributed by atoms with Gasteiger partial charge in [0.1, 0.15) is 18.2 Å². The molecule has 0 amide bonds. The van der Waals surface area contributed by atoms with Crippen LogP contribution in [0.3, 0.4) is 0 Å². The topological polar surface area (TPSA) is 76.0 Å². The summed E-state index contributed by atoms with van der Waals surface area (Å²) in [5.41, 5.74) is 3.26. The van der Waals surface area contributed by atoms with Crippen molar-refractivity contribution in [1.29, 1.82) is 0 Å². The Labute approximate surface area is 199 Å². The molecule has 0 aromatic heterocycles. The normalized spacial score (nSPS) is 13.4. The molecule has 3 rings (SSSR count). The van der Waals surface area contributed by atoms with E-state index in [1.165, 1.54) is 6.07 Å². The molecule has 5 nitrogen and oxygen atoms in total. The van der Waals surface area contributed by atoms with Crippen molar-refractivity contribution in [3.63, 3.8) is 0 Å². The fraction of sp³-hybridized carbons (Fsp3) is 0.321. The summed E-state index contributed by atoms with van der Waals surface area (Å²) in [6.45, 7) is 6.46. The maximum absolute atomic E-state index is 14.6. The standard InChI is InChI=1S/C28H31FO5/c1-28(2,3)27(33-4)23-14-18(12-13-21(23)22-10-5-6-11-24(22)29)17-34-20-9-7-8-19(15-20)25(30)16-26(31)32/h5-15,25,27,30H,16-17H2,1-4H3,(H,31,32)/t25-,27+/m1/s1. The van der Waals surface area contributed by atoms with E-state index >= 15 is 0 Å². The second-order valence-electron chi connectivity index (χ2n) is 9.36. The lowest BCUT2D eigenvalue weighted by Gasteiger charge is -2.32. The zero-order valence-corrected chi connectivity index (χ0v) is 19.9. The van der Waals surface area contributed by atoms with Crippen LogP contribution < -0.4 is 4.74 Å². The van der Waals surface area contributed by atoms with Gasteiger partial charge in [0, 0.05) is 12.7 Å². The first kappa shape index (κ1) is 25.4. The van der Waals surface area contributed by atoms with Crippen molar-refractivity contribution in [1.82, 2.24) is 0 Å². The summed E-state index contributed by atoms with van der Waals surface area (Å²) in [6.07, 6.45) is -1.77. The monoisotopic (exact) mass is 466 g/mol. The van der Waals surface area contributed by atoms with E-state index in [1.54, 1.807) is 43.5 Å². The molecule has 0 aliphatic carbocycles. The summed E-state index contributed by atoms with van der Waals surface area (Å²) in [7, 11) is 1.65. The van der Waals surface area contributed by atoms with E-state index in [2.05, 4.69) is 20.8 Å². The van der Waals surface area contributed by atoms with Crippen molar-refractivity contribution >= 4 is 5.97 Å². The maximum atomic E-state index is 14.6. The van der Waals surface area contributed by atoms with Crippen molar-refractivity contribution in [3.05, 3.63) is 89.2 Å². The van der Waals surface area contributed by atoms with Gasteiger partial charge in [-0.3, -0.25) is 4.79 Å². The lowest BCUT2D eigenvalue weighted by atomic mass is 9.81. The largest absolute Gasteiger partial charge is 0.489 e. The van der Waals surface area contributed by atoms with Crippen molar-refractivity contribution in [3.8, 4) is 16.9 Å². The van der Waals surface area contributed by atoms with Crippen LogP contribution in [0.15, 0.2) is 66.7 Å². The number of methoxy groups -OCH3 is 1. The molecule has 0 spiro atoms. The van der Waals surface area contributed by atoms with E-state index in [9.17, 15) is 14.3 Å². The number of hydrogen-bond donors (Lipinski definition) is 2. The van der Waals surface area contributed by atoms with E-state index in [1.807, 2.05) is 24.3 Å². The van der Waals surface area contributed by atoms with E-state index in [0.717, 1.165) is 16.7 Å². The molecular weight excluding hydrogens is 435 g/mol. The Hall–Kier alpha value is -3.22. The molecular formula is C28H31FO5. The number of rotatable bonds is 9. The Morgan fingerprint density at radius 1 is 1.00 bits per heavy atom. The van der Waals surface area contributed by atoms with Crippen LogP contribution in [0.1, 0.15) is 56.1 Å². The van der Waals surface area contributed by atoms with Gasteiger partial charge in [-0.2, -0.15) is 0 Å². The second kappa shape index (κ2) is 10.8. The quantitative estimate of drug-likeness (QED) is 0.386. The third kappa shape index (κ3) is 6.22. The summed E-state index contributed by atoms with van der Waals surface area (Å²) in [4.78, 5) is 10.9. The van der Waals surface area contributed by atoms with E-state index < -0.39 is 12.1 Å². The zero-order chi connectivity index (χ0) is 24.9. The van der Waals surface area contributed by atoms with Gasteiger partial charge in [0.05, 0.1) is 18.6 Å². The minimum absolute atomic E-state index is 0.233. The number of aliphatic carboxylic acids is 1. The molecule has 0 fully saturated rings. The van der Waals surface area contributed by atoms with Gasteiger partial charge >= 0.3 is 5.97 Å². The van der Waals surface area contributed by atoms with Crippen molar-refractivity contribution in [2.45, 2.75) is 46.0 Å². The second-order valence-corrected chi connectivity index (χ2v) is 9.36. The molecule has 2 N–H and O–H groups in total. The summed E-state index contributed by atoms with van der Waals surface area (Å²) in [5, 5.41) is 19.0. The van der Waals surface area contributed by atoms with Crippen LogP contribution in [0, 0.1) is 11.2 Å². The molecule has 0 unspecified atom stereocenters. The number of carboxylic acids is 1. The van der Waals surface area contributed by atoms with Crippen molar-refractivity contribution < 1.29 is 28.9 Å². The number of aliphatic hydroxyl groups is 1. The molecule has 0 bridgehead atoms. The Balaban J connectivity index is 1.91. The van der Waals surface area contributed by atoms with Gasteiger partial charge in [-0.05, 0) is 51.9 Å². The van der Waals surface area contributed by atoms with Crippen molar-refractivity contribution in [2.75, 3.05) is 7.11 Å². The number of carboxylic acid groups (broad SMARTS) is 1. The Kier molecular flexibility index (Phi) is 8.07. The Bertz CT molecular complexity index is 1140. The lowest BCUT2D eigenvalue weighted by Crippen LogP contribution is -2.21. The van der Waals surface area contributed by atoms with Crippen LogP contribution in [0.2, 0.25) is 0 Å². The Morgan fingerprint density at radius 3 is 2.38 bits per heavy atom. The maximum Gasteiger partial charge on any atom is 0.306 e. The van der Waals surface area contributed by atoms with Crippen molar-refractivity contribution in [2.24, 2.45) is 5.41 Å². The average Bonchev–Trinajstić information content (AvgIpc) is 2.78. The molecule has 2 atom stereocenters. The fourth-order valence-electron chi connectivity index (χ4n) is 4.05. The molecule has 180 valence electrons. The molecule has 0 radical (unpaired) electrons. The van der Waals surface area contributed by atoms with Gasteiger partial charge in [0.25, 0.3) is 0 Å². The van der Waals surface area contributed by atoms with Gasteiger partial charge < -0.3 is 19.7 Å². The van der Waals surface area contributed by atoms with Crippen LogP contribution in [-0.4, -0.2) is 23.3 Å². The SMILES string of the molecule is CO[C@@H](c1cc(COc2cccc([C@H](O)CC(=O)O)c2)ccc1-c1ccccc1F)C(C)(C)C. The highest BCUT2D eigenvalue weighted by Crippen LogP contribution is 2.41. The molecule has 0 aliphatic heterocycles. The molecule has 0 aliphatic rings. The van der Waals surface area contributed by atoms with Gasteiger partial charge in [-0.1, -0.05) is 63.2 Å². The molecule has 3 aromatic carbocycles. The molecule has 3 aromatic rings. The highest BCUT2D eigenvalue weighted by atomic mass is 19.1. The van der Waals surface area contributed by atoms with Crippen LogP contribution in [0.25, 0.3) is 11.1 Å². The Morgan fingerprint density at radius 2 is 1.74 bits per heavy atom. The van der Waals surface area contributed by atoms with Gasteiger partial charge in [0.15, 0.2) is 0 Å². The third-order valence-corrected chi connectivity index (χ3v) is 5.60. The van der Waals surface area contributed by atoms with Gasteiger partial charge in [-0.15, -0.1) is 0 Å². The summed E-state index contributed by atoms with van der Waals surface area (Å²) in [6, 6.07) is 19.2. The fourth-order valence-corrected chi connectivity index (χ4v) is 4.05. The minimum Gasteiger partial charge on any atom is -0.489 e. The van der Waals surface area contributed by atoms with Gasteiger partial charge in [-0.25, -0.2) is 4.39 Å². The first-order chi connectivity index (χ1) is 16.1. The smallest absolute Gasteiger partial charge is 0.306 e. The van der Waals surface area contributed by atoms with Gasteiger partial charge in [0.2, 0.25) is 0 Å². The molecule has 34 heavy (non-hydrogen) atoms. The summed E-state index contributed by atoms with van der Waals surface area (Å²) >= 11 is 0. The van der Waals surface area contributed by atoms with Crippen LogP contribution in [0.5, 0.6) is 5.75 Å². The average molecular weight is 467 g/mol.